The number of fused-ring (bicyclic) bond motifs is 1. The van der Waals surface area contributed by atoms with E-state index in [1.54, 1.807) is 4.90 Å². The van der Waals surface area contributed by atoms with Crippen LogP contribution in [-0.2, 0) is 20.7 Å². The van der Waals surface area contributed by atoms with Gasteiger partial charge in [0.25, 0.3) is 11.8 Å². The van der Waals surface area contributed by atoms with Crippen molar-refractivity contribution in [3.63, 3.8) is 0 Å². The van der Waals surface area contributed by atoms with Crippen LogP contribution in [0.3, 0.4) is 0 Å². The van der Waals surface area contributed by atoms with Crippen LogP contribution < -0.4 is 10.2 Å². The predicted molar refractivity (Wildman–Crippen MR) is 101 cm³/mol. The molecule has 0 spiro atoms. The molecule has 0 aliphatic carbocycles. The van der Waals surface area contributed by atoms with Gasteiger partial charge in [-0.1, -0.05) is 30.3 Å². The molecule has 0 unspecified atom stereocenters. The number of ether oxygens (including phenoxy) is 1. The molecule has 1 aliphatic rings. The zero-order valence-electron chi connectivity index (χ0n) is 15.6. The Hall–Kier alpha value is -3.22. The number of esters is 1. The number of carbonyl (C=O) groups is 3. The number of rotatable bonds is 5. The third kappa shape index (κ3) is 4.03. The minimum atomic E-state index is -1.01. The molecule has 0 radical (unpaired) electrons. The van der Waals surface area contributed by atoms with E-state index in [1.807, 2.05) is 31.2 Å². The Kier molecular flexibility index (Phi) is 5.73. The van der Waals surface area contributed by atoms with Crippen molar-refractivity contribution in [3.8, 4) is 0 Å². The monoisotopic (exact) mass is 384 g/mol. The molecule has 0 bridgehead atoms. The number of hydrogen-bond donors (Lipinski definition) is 1. The Labute approximate surface area is 162 Å². The highest BCUT2D eigenvalue weighted by molar-refractivity contribution is 6.00. The molecule has 6 nitrogen and oxygen atoms in total. The molecule has 146 valence electrons. The predicted octanol–water partition coefficient (Wildman–Crippen LogP) is 2.46. The van der Waals surface area contributed by atoms with Gasteiger partial charge >= 0.3 is 5.97 Å². The molecule has 28 heavy (non-hydrogen) atoms. The molecule has 2 aromatic carbocycles. The first-order chi connectivity index (χ1) is 13.4. The molecule has 0 saturated carbocycles. The molecule has 1 heterocycles. The Bertz CT molecular complexity index is 915. The molecule has 1 N–H and O–H groups in total. The summed E-state index contributed by atoms with van der Waals surface area (Å²) in [6.07, 6.45) is -0.271. The van der Waals surface area contributed by atoms with Crippen molar-refractivity contribution in [2.24, 2.45) is 0 Å². The van der Waals surface area contributed by atoms with Crippen LogP contribution in [0.25, 0.3) is 0 Å². The quantitative estimate of drug-likeness (QED) is 0.804. The molecular formula is C21H21FN2O4. The lowest BCUT2D eigenvalue weighted by atomic mass is 10.1. The molecule has 1 aliphatic heterocycles. The summed E-state index contributed by atoms with van der Waals surface area (Å²) in [4.78, 5) is 38.4. The van der Waals surface area contributed by atoms with Crippen LogP contribution >= 0.6 is 0 Å². The summed E-state index contributed by atoms with van der Waals surface area (Å²) in [6.45, 7) is 2.96. The maximum Gasteiger partial charge on any atom is 0.326 e. The number of anilines is 1. The van der Waals surface area contributed by atoms with E-state index in [-0.39, 0.29) is 17.5 Å². The smallest absolute Gasteiger partial charge is 0.326 e. The maximum atomic E-state index is 13.6. The van der Waals surface area contributed by atoms with Crippen molar-refractivity contribution in [3.05, 3.63) is 65.5 Å². The average Bonchev–Trinajstić information content (AvgIpc) is 3.01. The number of carbonyl (C=O) groups excluding carboxylic acids is 3. The SMILES string of the molecule is C[C@H](OC(=O)CNC(=O)c1ccccc1F)C(=O)N1c2ccccc2C[C@H]1C. The van der Waals surface area contributed by atoms with Gasteiger partial charge in [0.2, 0.25) is 0 Å². The second kappa shape index (κ2) is 8.21. The molecule has 0 saturated heterocycles. The van der Waals surface area contributed by atoms with Crippen LogP contribution in [0.5, 0.6) is 0 Å². The minimum Gasteiger partial charge on any atom is -0.451 e. The van der Waals surface area contributed by atoms with E-state index in [0.717, 1.165) is 23.7 Å². The van der Waals surface area contributed by atoms with Crippen molar-refractivity contribution < 1.29 is 23.5 Å². The van der Waals surface area contributed by atoms with E-state index in [0.29, 0.717) is 0 Å². The van der Waals surface area contributed by atoms with Crippen LogP contribution in [0, 0.1) is 5.82 Å². The molecule has 0 aromatic heterocycles. The Morgan fingerprint density at radius 2 is 1.86 bits per heavy atom. The van der Waals surface area contributed by atoms with E-state index < -0.39 is 30.3 Å². The average molecular weight is 384 g/mol. The van der Waals surface area contributed by atoms with Gasteiger partial charge in [0.1, 0.15) is 12.4 Å². The topological polar surface area (TPSA) is 75.7 Å². The number of halogens is 1. The Balaban J connectivity index is 1.56. The fourth-order valence-corrected chi connectivity index (χ4v) is 3.28. The maximum absolute atomic E-state index is 13.6. The molecule has 2 amide bonds. The fraction of sp³-hybridized carbons (Fsp3) is 0.286. The van der Waals surface area contributed by atoms with E-state index in [4.69, 9.17) is 4.74 Å². The van der Waals surface area contributed by atoms with Gasteiger partial charge in [-0.3, -0.25) is 14.4 Å². The van der Waals surface area contributed by atoms with Crippen LogP contribution in [0.4, 0.5) is 10.1 Å². The van der Waals surface area contributed by atoms with Gasteiger partial charge in [0.05, 0.1) is 5.56 Å². The van der Waals surface area contributed by atoms with Gasteiger partial charge in [0, 0.05) is 11.7 Å². The number of amides is 2. The van der Waals surface area contributed by atoms with Gasteiger partial charge in [-0.05, 0) is 44.0 Å². The van der Waals surface area contributed by atoms with Crippen molar-refractivity contribution in [2.75, 3.05) is 11.4 Å². The molecule has 2 atom stereocenters. The number of para-hydroxylation sites is 1. The van der Waals surface area contributed by atoms with Crippen molar-refractivity contribution in [1.82, 2.24) is 5.32 Å². The Morgan fingerprint density at radius 3 is 2.61 bits per heavy atom. The summed E-state index contributed by atoms with van der Waals surface area (Å²) in [7, 11) is 0. The summed E-state index contributed by atoms with van der Waals surface area (Å²) in [5, 5.41) is 2.30. The highest BCUT2D eigenvalue weighted by Gasteiger charge is 2.34. The first kappa shape index (κ1) is 19.5. The molecule has 2 aromatic rings. The fourth-order valence-electron chi connectivity index (χ4n) is 3.28. The van der Waals surface area contributed by atoms with E-state index in [9.17, 15) is 18.8 Å². The van der Waals surface area contributed by atoms with Crippen molar-refractivity contribution >= 4 is 23.5 Å². The largest absolute Gasteiger partial charge is 0.451 e. The second-order valence-electron chi connectivity index (χ2n) is 6.68. The third-order valence-corrected chi connectivity index (χ3v) is 4.61. The van der Waals surface area contributed by atoms with Gasteiger partial charge in [-0.25, -0.2) is 4.39 Å². The molecule has 0 fully saturated rings. The molecule has 3 rings (SSSR count). The zero-order chi connectivity index (χ0) is 20.3. The zero-order valence-corrected chi connectivity index (χ0v) is 15.6. The van der Waals surface area contributed by atoms with E-state index in [2.05, 4.69) is 5.32 Å². The van der Waals surface area contributed by atoms with Crippen LogP contribution in [0.15, 0.2) is 48.5 Å². The number of hydrogen-bond acceptors (Lipinski definition) is 4. The van der Waals surface area contributed by atoms with Gasteiger partial charge in [0.15, 0.2) is 6.10 Å². The molecule has 7 heteroatoms. The lowest BCUT2D eigenvalue weighted by Gasteiger charge is -2.26. The lowest BCUT2D eigenvalue weighted by Crippen LogP contribution is -2.44. The van der Waals surface area contributed by atoms with Crippen molar-refractivity contribution in [1.29, 1.82) is 0 Å². The van der Waals surface area contributed by atoms with Crippen LogP contribution in [0.1, 0.15) is 29.8 Å². The van der Waals surface area contributed by atoms with Gasteiger partial charge in [-0.2, -0.15) is 0 Å². The second-order valence-corrected chi connectivity index (χ2v) is 6.68. The van der Waals surface area contributed by atoms with Crippen LogP contribution in [-0.4, -0.2) is 36.5 Å². The third-order valence-electron chi connectivity index (χ3n) is 4.61. The first-order valence-corrected chi connectivity index (χ1v) is 9.01. The van der Waals surface area contributed by atoms with Crippen molar-refractivity contribution in [2.45, 2.75) is 32.4 Å². The minimum absolute atomic E-state index is 0.0354. The summed E-state index contributed by atoms with van der Waals surface area (Å²) < 4.78 is 18.7. The normalized spacial score (nSPS) is 16.2. The van der Waals surface area contributed by atoms with E-state index in [1.165, 1.54) is 25.1 Å². The Morgan fingerprint density at radius 1 is 1.18 bits per heavy atom. The number of benzene rings is 2. The van der Waals surface area contributed by atoms with Gasteiger partial charge < -0.3 is 15.0 Å². The first-order valence-electron chi connectivity index (χ1n) is 9.01. The highest BCUT2D eigenvalue weighted by atomic mass is 19.1. The highest BCUT2D eigenvalue weighted by Crippen LogP contribution is 2.32. The number of nitrogens with zero attached hydrogens (tertiary/aromatic N) is 1. The molecular weight excluding hydrogens is 363 g/mol. The summed E-state index contributed by atoms with van der Waals surface area (Å²) in [6, 6.07) is 13.0. The summed E-state index contributed by atoms with van der Waals surface area (Å²) >= 11 is 0. The summed E-state index contributed by atoms with van der Waals surface area (Å²) in [5.74, 6) is -2.51. The van der Waals surface area contributed by atoms with Gasteiger partial charge in [-0.15, -0.1) is 0 Å². The van der Waals surface area contributed by atoms with E-state index >= 15 is 0 Å². The standard InChI is InChI=1S/C21H21FN2O4/c1-13-11-15-7-3-6-10-18(15)24(13)21(27)14(2)28-19(25)12-23-20(26)16-8-4-5-9-17(16)22/h3-10,13-14H,11-12H2,1-2H3,(H,23,26)/t13-,14+/m1/s1. The number of nitrogens with one attached hydrogen (secondary N) is 1. The summed E-state index contributed by atoms with van der Waals surface area (Å²) in [5.41, 5.74) is 1.72. The lowest BCUT2D eigenvalue weighted by molar-refractivity contribution is -0.152. The van der Waals surface area contributed by atoms with Crippen LogP contribution in [0.2, 0.25) is 0 Å².